The van der Waals surface area contributed by atoms with Crippen LogP contribution in [-0.4, -0.2) is 49.2 Å². The van der Waals surface area contributed by atoms with Crippen molar-refractivity contribution in [2.45, 2.75) is 18.2 Å². The number of fused-ring (bicyclic) bond motifs is 1. The highest BCUT2D eigenvalue weighted by molar-refractivity contribution is 7.93. The minimum atomic E-state index is -3.87. The summed E-state index contributed by atoms with van der Waals surface area (Å²) in [6.07, 6.45) is 0.631. The van der Waals surface area contributed by atoms with Crippen molar-refractivity contribution in [3.05, 3.63) is 76.7 Å². The first-order valence-corrected chi connectivity index (χ1v) is 14.1. The number of thiophene rings is 1. The molecule has 0 radical (unpaired) electrons. The number of ether oxygens (including phenoxy) is 3. The minimum absolute atomic E-state index is 0.0995. The van der Waals surface area contributed by atoms with E-state index in [2.05, 4.69) is 5.32 Å². The number of aryl methyl sites for hydroxylation is 1. The van der Waals surface area contributed by atoms with E-state index in [-0.39, 0.29) is 16.6 Å². The van der Waals surface area contributed by atoms with E-state index in [4.69, 9.17) is 14.2 Å². The molecule has 4 aromatic rings. The Morgan fingerprint density at radius 2 is 1.61 bits per heavy atom. The first kappa shape index (κ1) is 27.3. The Labute approximate surface area is 226 Å². The van der Waals surface area contributed by atoms with Crippen LogP contribution in [-0.2, 0) is 16.4 Å². The molecule has 200 valence electrons. The predicted molar refractivity (Wildman–Crippen MR) is 151 cm³/mol. The van der Waals surface area contributed by atoms with Gasteiger partial charge < -0.3 is 19.5 Å². The number of nitrogens with zero attached hydrogens (tertiary/aromatic N) is 1. The van der Waals surface area contributed by atoms with Crippen LogP contribution in [0.1, 0.15) is 20.8 Å². The van der Waals surface area contributed by atoms with E-state index in [0.29, 0.717) is 35.0 Å². The van der Waals surface area contributed by atoms with E-state index in [0.717, 1.165) is 21.2 Å². The highest BCUT2D eigenvalue weighted by Crippen LogP contribution is 2.34. The number of anilines is 1. The van der Waals surface area contributed by atoms with Gasteiger partial charge in [-0.2, -0.15) is 0 Å². The van der Waals surface area contributed by atoms with Gasteiger partial charge in [0.1, 0.15) is 10.6 Å². The van der Waals surface area contributed by atoms with Gasteiger partial charge in [0.15, 0.2) is 11.5 Å². The van der Waals surface area contributed by atoms with Gasteiger partial charge in [-0.05, 0) is 78.4 Å². The van der Waals surface area contributed by atoms with Gasteiger partial charge in [-0.15, -0.1) is 11.3 Å². The zero-order valence-electron chi connectivity index (χ0n) is 21.9. The van der Waals surface area contributed by atoms with E-state index in [9.17, 15) is 13.2 Å². The molecular weight excluding hydrogens is 524 g/mol. The molecule has 3 aromatic carbocycles. The summed E-state index contributed by atoms with van der Waals surface area (Å²) in [5.41, 5.74) is 2.31. The van der Waals surface area contributed by atoms with Gasteiger partial charge in [-0.3, -0.25) is 9.10 Å². The minimum Gasteiger partial charge on any atom is -0.495 e. The van der Waals surface area contributed by atoms with E-state index in [1.807, 2.05) is 31.2 Å². The molecule has 0 saturated carbocycles. The number of hydrogen-bond acceptors (Lipinski definition) is 7. The van der Waals surface area contributed by atoms with E-state index in [1.54, 1.807) is 50.6 Å². The summed E-state index contributed by atoms with van der Waals surface area (Å²) >= 11 is 1.36. The lowest BCUT2D eigenvalue weighted by Crippen LogP contribution is -2.27. The Bertz CT molecular complexity index is 1580. The van der Waals surface area contributed by atoms with Crippen molar-refractivity contribution in [3.63, 3.8) is 0 Å². The zero-order chi connectivity index (χ0) is 27.4. The summed E-state index contributed by atoms with van der Waals surface area (Å²) in [6, 6.07) is 17.8. The summed E-state index contributed by atoms with van der Waals surface area (Å²) in [5, 5.41) is 3.74. The fourth-order valence-corrected chi connectivity index (χ4v) is 6.44. The van der Waals surface area contributed by atoms with Crippen molar-refractivity contribution in [2.75, 3.05) is 39.2 Å². The molecule has 0 fully saturated rings. The van der Waals surface area contributed by atoms with Gasteiger partial charge in [-0.25, -0.2) is 8.42 Å². The van der Waals surface area contributed by atoms with Crippen LogP contribution >= 0.6 is 11.3 Å². The van der Waals surface area contributed by atoms with Crippen molar-refractivity contribution < 1.29 is 27.4 Å². The van der Waals surface area contributed by atoms with Crippen LogP contribution in [0.4, 0.5) is 5.69 Å². The SMILES string of the molecule is COc1ccc(CCNC(=O)c2cc3cc(N(C)S(=O)(=O)c4cc(C)ccc4OC)ccc3s2)cc1OC. The van der Waals surface area contributed by atoms with Crippen LogP contribution in [0.3, 0.4) is 0 Å². The third kappa shape index (κ3) is 5.56. The Morgan fingerprint density at radius 3 is 2.32 bits per heavy atom. The number of benzene rings is 3. The average Bonchev–Trinajstić information content (AvgIpc) is 3.36. The maximum absolute atomic E-state index is 13.4. The molecule has 0 unspecified atom stereocenters. The average molecular weight is 555 g/mol. The second-order valence-electron chi connectivity index (χ2n) is 8.65. The Morgan fingerprint density at radius 1 is 0.895 bits per heavy atom. The number of methoxy groups -OCH3 is 3. The highest BCUT2D eigenvalue weighted by Gasteiger charge is 2.26. The molecule has 38 heavy (non-hydrogen) atoms. The summed E-state index contributed by atoms with van der Waals surface area (Å²) in [5.74, 6) is 1.40. The maximum Gasteiger partial charge on any atom is 0.267 e. The summed E-state index contributed by atoms with van der Waals surface area (Å²) in [6.45, 7) is 2.28. The molecule has 1 heterocycles. The van der Waals surface area contributed by atoms with Gasteiger partial charge in [0.2, 0.25) is 0 Å². The first-order chi connectivity index (χ1) is 18.2. The monoisotopic (exact) mass is 554 g/mol. The normalized spacial score (nSPS) is 11.3. The number of amides is 1. The number of hydrogen-bond donors (Lipinski definition) is 1. The van der Waals surface area contributed by atoms with Gasteiger partial charge in [0.05, 0.1) is 31.9 Å². The molecule has 1 amide bonds. The maximum atomic E-state index is 13.4. The Balaban J connectivity index is 1.48. The number of carbonyl (C=O) groups excluding carboxylic acids is 1. The number of rotatable bonds is 10. The van der Waals surface area contributed by atoms with Crippen LogP contribution < -0.4 is 23.8 Å². The fourth-order valence-electron chi connectivity index (χ4n) is 4.05. The largest absolute Gasteiger partial charge is 0.495 e. The molecular formula is C28H30N2O6S2. The lowest BCUT2D eigenvalue weighted by atomic mass is 10.1. The van der Waals surface area contributed by atoms with E-state index in [1.165, 1.54) is 29.8 Å². The molecule has 0 bridgehead atoms. The van der Waals surface area contributed by atoms with E-state index >= 15 is 0 Å². The van der Waals surface area contributed by atoms with Gasteiger partial charge in [0.25, 0.3) is 15.9 Å². The van der Waals surface area contributed by atoms with Crippen LogP contribution in [0.5, 0.6) is 17.2 Å². The molecule has 4 rings (SSSR count). The molecule has 0 atom stereocenters. The van der Waals surface area contributed by atoms with Crippen molar-refractivity contribution in [1.82, 2.24) is 5.32 Å². The first-order valence-electron chi connectivity index (χ1n) is 11.8. The van der Waals surface area contributed by atoms with Gasteiger partial charge >= 0.3 is 0 Å². The van der Waals surface area contributed by atoms with Crippen LogP contribution in [0.15, 0.2) is 65.6 Å². The molecule has 8 nitrogen and oxygen atoms in total. The zero-order valence-corrected chi connectivity index (χ0v) is 23.5. The number of sulfonamides is 1. The molecule has 0 aliphatic heterocycles. The predicted octanol–water partition coefficient (Wildman–Crippen LogP) is 5.03. The molecule has 0 spiro atoms. The van der Waals surface area contributed by atoms with Gasteiger partial charge in [-0.1, -0.05) is 12.1 Å². The molecule has 0 saturated heterocycles. The van der Waals surface area contributed by atoms with Gasteiger partial charge in [0, 0.05) is 18.3 Å². The Kier molecular flexibility index (Phi) is 8.13. The van der Waals surface area contributed by atoms with E-state index < -0.39 is 10.0 Å². The molecule has 10 heteroatoms. The Hall–Kier alpha value is -3.76. The lowest BCUT2D eigenvalue weighted by Gasteiger charge is -2.21. The third-order valence-corrected chi connectivity index (χ3v) is 9.11. The van der Waals surface area contributed by atoms with Crippen molar-refractivity contribution >= 4 is 43.0 Å². The standard InChI is InChI=1S/C28H30N2O6S2/c1-18-6-9-23(35-4)27(14-18)38(32,33)30(2)21-8-11-25-20(16-21)17-26(37-25)28(31)29-13-12-19-7-10-22(34-3)24(15-19)36-5/h6-11,14-17H,12-13H2,1-5H3,(H,29,31). The topological polar surface area (TPSA) is 94.2 Å². The lowest BCUT2D eigenvalue weighted by molar-refractivity contribution is 0.0958. The molecule has 1 aromatic heterocycles. The summed E-state index contributed by atoms with van der Waals surface area (Å²) < 4.78 is 44.8. The second-order valence-corrected chi connectivity index (χ2v) is 11.7. The highest BCUT2D eigenvalue weighted by atomic mass is 32.2. The van der Waals surface area contributed by atoms with Crippen LogP contribution in [0.25, 0.3) is 10.1 Å². The number of carbonyl (C=O) groups is 1. The molecule has 1 N–H and O–H groups in total. The number of nitrogens with one attached hydrogen (secondary N) is 1. The third-order valence-electron chi connectivity index (χ3n) is 6.19. The van der Waals surface area contributed by atoms with Crippen molar-refractivity contribution in [3.8, 4) is 17.2 Å². The quantitative estimate of drug-likeness (QED) is 0.295. The smallest absolute Gasteiger partial charge is 0.267 e. The second kappa shape index (κ2) is 11.3. The van der Waals surface area contributed by atoms with Crippen LogP contribution in [0.2, 0.25) is 0 Å². The van der Waals surface area contributed by atoms with Crippen LogP contribution in [0, 0.1) is 6.92 Å². The van der Waals surface area contributed by atoms with Crippen molar-refractivity contribution in [1.29, 1.82) is 0 Å². The summed E-state index contributed by atoms with van der Waals surface area (Å²) in [7, 11) is 2.26. The summed E-state index contributed by atoms with van der Waals surface area (Å²) in [4.78, 5) is 13.5. The molecule has 0 aliphatic carbocycles. The fraction of sp³-hybridized carbons (Fsp3) is 0.250. The molecule has 0 aliphatic rings. The van der Waals surface area contributed by atoms with Crippen molar-refractivity contribution in [2.24, 2.45) is 0 Å².